The molecule has 2 N–H and O–H groups in total. The number of nitrogens with zero attached hydrogens (tertiary/aromatic N) is 3. The third-order valence-electron chi connectivity index (χ3n) is 2.99. The molecule has 4 nitrogen and oxygen atoms in total. The van der Waals surface area contributed by atoms with E-state index in [9.17, 15) is 4.39 Å². The Labute approximate surface area is 112 Å². The number of benzene rings is 1. The molecule has 0 saturated carbocycles. The minimum absolute atomic E-state index is 0.287. The van der Waals surface area contributed by atoms with Gasteiger partial charge in [-0.1, -0.05) is 25.5 Å². The van der Waals surface area contributed by atoms with Crippen LogP contribution in [0.5, 0.6) is 0 Å². The van der Waals surface area contributed by atoms with Gasteiger partial charge < -0.3 is 10.6 Å². The molecule has 1 aromatic carbocycles. The van der Waals surface area contributed by atoms with Crippen LogP contribution in [-0.2, 0) is 6.42 Å². The average molecular weight is 260 g/mol. The highest BCUT2D eigenvalue weighted by atomic mass is 19.1. The van der Waals surface area contributed by atoms with Crippen molar-refractivity contribution in [3.63, 3.8) is 0 Å². The maximum absolute atomic E-state index is 13.8. The molecule has 0 spiro atoms. The Morgan fingerprint density at radius 1 is 1.26 bits per heavy atom. The molecule has 0 unspecified atom stereocenters. The first-order valence-corrected chi connectivity index (χ1v) is 6.22. The molecule has 0 atom stereocenters. The van der Waals surface area contributed by atoms with Crippen LogP contribution in [0.4, 0.5) is 21.7 Å². The molecule has 5 heteroatoms. The van der Waals surface area contributed by atoms with Crippen molar-refractivity contribution >= 4 is 17.3 Å². The van der Waals surface area contributed by atoms with Gasteiger partial charge >= 0.3 is 0 Å². The highest BCUT2D eigenvalue weighted by molar-refractivity contribution is 5.66. The molecule has 1 aromatic heterocycles. The molecule has 2 aromatic rings. The van der Waals surface area contributed by atoms with Crippen LogP contribution in [0.15, 0.2) is 30.6 Å². The third-order valence-corrected chi connectivity index (χ3v) is 2.99. The maximum Gasteiger partial charge on any atom is 0.146 e. The third kappa shape index (κ3) is 2.65. The topological polar surface area (TPSA) is 55.0 Å². The number of aromatic nitrogens is 2. The van der Waals surface area contributed by atoms with Gasteiger partial charge in [0.2, 0.25) is 0 Å². The summed E-state index contributed by atoms with van der Waals surface area (Å²) in [5.74, 6) is 0.819. The number of nitrogens with two attached hydrogens (primary N) is 1. The molecule has 0 aliphatic carbocycles. The first kappa shape index (κ1) is 13.3. The molecule has 2 rings (SSSR count). The second-order valence-corrected chi connectivity index (χ2v) is 4.32. The van der Waals surface area contributed by atoms with Crippen LogP contribution in [0, 0.1) is 5.82 Å². The molecular weight excluding hydrogens is 243 g/mol. The molecule has 0 radical (unpaired) electrons. The summed E-state index contributed by atoms with van der Waals surface area (Å²) in [4.78, 5) is 9.95. The number of hydrogen-bond donors (Lipinski definition) is 1. The monoisotopic (exact) mass is 260 g/mol. The molecular formula is C14H17FN4. The Balaban J connectivity index is 2.47. The van der Waals surface area contributed by atoms with E-state index in [1.54, 1.807) is 30.1 Å². The van der Waals surface area contributed by atoms with Gasteiger partial charge in [-0.15, -0.1) is 0 Å². The lowest BCUT2D eigenvalue weighted by molar-refractivity contribution is 0.627. The minimum atomic E-state index is -0.287. The van der Waals surface area contributed by atoms with E-state index in [2.05, 4.69) is 16.9 Å². The summed E-state index contributed by atoms with van der Waals surface area (Å²) in [6.07, 6.45) is 3.09. The zero-order valence-corrected chi connectivity index (χ0v) is 11.1. The van der Waals surface area contributed by atoms with Crippen molar-refractivity contribution in [1.82, 2.24) is 9.97 Å². The quantitative estimate of drug-likeness (QED) is 0.918. The smallest absolute Gasteiger partial charge is 0.146 e. The van der Waals surface area contributed by atoms with Crippen LogP contribution >= 0.6 is 0 Å². The van der Waals surface area contributed by atoms with Gasteiger partial charge in [-0.2, -0.15) is 0 Å². The van der Waals surface area contributed by atoms with Crippen LogP contribution in [0.1, 0.15) is 18.9 Å². The number of para-hydroxylation sites is 1. The van der Waals surface area contributed by atoms with Crippen molar-refractivity contribution < 1.29 is 4.39 Å². The predicted octanol–water partition coefficient (Wildman–Crippen LogP) is 2.92. The van der Waals surface area contributed by atoms with Crippen molar-refractivity contribution in [3.8, 4) is 0 Å². The molecule has 0 aliphatic rings. The van der Waals surface area contributed by atoms with Crippen molar-refractivity contribution in [1.29, 1.82) is 0 Å². The maximum atomic E-state index is 13.8. The van der Waals surface area contributed by atoms with E-state index in [0.717, 1.165) is 18.4 Å². The molecule has 0 fully saturated rings. The Kier molecular flexibility index (Phi) is 3.94. The Bertz CT molecular complexity index is 571. The van der Waals surface area contributed by atoms with Crippen molar-refractivity contribution in [3.05, 3.63) is 42.0 Å². The van der Waals surface area contributed by atoms with Crippen LogP contribution < -0.4 is 10.6 Å². The van der Waals surface area contributed by atoms with Gasteiger partial charge in [-0.25, -0.2) is 14.4 Å². The first-order valence-electron chi connectivity index (χ1n) is 6.22. The SMILES string of the molecule is CCCc1c(N)ncnc1N(C)c1ccccc1F. The lowest BCUT2D eigenvalue weighted by atomic mass is 10.1. The minimum Gasteiger partial charge on any atom is -0.383 e. The highest BCUT2D eigenvalue weighted by Crippen LogP contribution is 2.29. The Hall–Kier alpha value is -2.17. The van der Waals surface area contributed by atoms with E-state index in [1.165, 1.54) is 12.4 Å². The number of hydrogen-bond acceptors (Lipinski definition) is 4. The summed E-state index contributed by atoms with van der Waals surface area (Å²) in [5, 5.41) is 0. The highest BCUT2D eigenvalue weighted by Gasteiger charge is 2.16. The number of anilines is 3. The second-order valence-electron chi connectivity index (χ2n) is 4.32. The molecule has 100 valence electrons. The molecule has 1 heterocycles. The molecule has 0 amide bonds. The fourth-order valence-electron chi connectivity index (χ4n) is 2.03. The van der Waals surface area contributed by atoms with E-state index in [0.29, 0.717) is 17.3 Å². The summed E-state index contributed by atoms with van der Waals surface area (Å²) >= 11 is 0. The number of nitrogen functional groups attached to an aromatic ring is 1. The fourth-order valence-corrected chi connectivity index (χ4v) is 2.03. The summed E-state index contributed by atoms with van der Waals surface area (Å²) in [5.41, 5.74) is 7.22. The summed E-state index contributed by atoms with van der Waals surface area (Å²) in [6.45, 7) is 2.05. The Morgan fingerprint density at radius 3 is 2.68 bits per heavy atom. The standard InChI is InChI=1S/C14H17FN4/c1-3-6-10-13(16)17-9-18-14(10)19(2)12-8-5-4-7-11(12)15/h4-5,7-9H,3,6H2,1-2H3,(H2,16,17,18). The predicted molar refractivity (Wildman–Crippen MR) is 74.9 cm³/mol. The van der Waals surface area contributed by atoms with Gasteiger partial charge in [0, 0.05) is 12.6 Å². The lowest BCUT2D eigenvalue weighted by Gasteiger charge is -2.22. The number of halogens is 1. The normalized spacial score (nSPS) is 10.5. The van der Waals surface area contributed by atoms with E-state index in [1.807, 2.05) is 0 Å². The Morgan fingerprint density at radius 2 is 2.00 bits per heavy atom. The van der Waals surface area contributed by atoms with E-state index < -0.39 is 0 Å². The summed E-state index contributed by atoms with van der Waals surface area (Å²) < 4.78 is 13.8. The van der Waals surface area contributed by atoms with E-state index in [-0.39, 0.29) is 5.82 Å². The van der Waals surface area contributed by atoms with E-state index in [4.69, 9.17) is 5.73 Å². The number of rotatable bonds is 4. The van der Waals surface area contributed by atoms with Gasteiger partial charge in [-0.05, 0) is 18.6 Å². The van der Waals surface area contributed by atoms with Gasteiger partial charge in [0.1, 0.15) is 23.8 Å². The summed E-state index contributed by atoms with van der Waals surface area (Å²) in [7, 11) is 1.78. The van der Waals surface area contributed by atoms with Gasteiger partial charge in [-0.3, -0.25) is 0 Å². The zero-order chi connectivity index (χ0) is 13.8. The molecule has 0 saturated heterocycles. The molecule has 0 aliphatic heterocycles. The zero-order valence-electron chi connectivity index (χ0n) is 11.1. The van der Waals surface area contributed by atoms with E-state index >= 15 is 0 Å². The second kappa shape index (κ2) is 5.65. The average Bonchev–Trinajstić information content (AvgIpc) is 2.41. The lowest BCUT2D eigenvalue weighted by Crippen LogP contribution is -2.16. The van der Waals surface area contributed by atoms with Crippen LogP contribution in [-0.4, -0.2) is 17.0 Å². The van der Waals surface area contributed by atoms with Gasteiger partial charge in [0.25, 0.3) is 0 Å². The van der Waals surface area contributed by atoms with Crippen molar-refractivity contribution in [2.24, 2.45) is 0 Å². The van der Waals surface area contributed by atoms with Crippen molar-refractivity contribution in [2.75, 3.05) is 17.7 Å². The fraction of sp³-hybridized carbons (Fsp3) is 0.286. The van der Waals surface area contributed by atoms with Crippen molar-refractivity contribution in [2.45, 2.75) is 19.8 Å². The largest absolute Gasteiger partial charge is 0.383 e. The summed E-state index contributed by atoms with van der Waals surface area (Å²) in [6, 6.07) is 6.59. The van der Waals surface area contributed by atoms with Gasteiger partial charge in [0.15, 0.2) is 0 Å². The van der Waals surface area contributed by atoms with Gasteiger partial charge in [0.05, 0.1) is 5.69 Å². The van der Waals surface area contributed by atoms with Crippen LogP contribution in [0.2, 0.25) is 0 Å². The molecule has 0 bridgehead atoms. The van der Waals surface area contributed by atoms with Crippen LogP contribution in [0.3, 0.4) is 0 Å². The first-order chi connectivity index (χ1) is 9.15. The molecule has 19 heavy (non-hydrogen) atoms. The van der Waals surface area contributed by atoms with Crippen LogP contribution in [0.25, 0.3) is 0 Å².